The molecule has 0 aromatic carbocycles. The molecule has 0 nitrogen and oxygen atoms in total. The van der Waals surface area contributed by atoms with Crippen LogP contribution in [0.3, 0.4) is 0 Å². The van der Waals surface area contributed by atoms with E-state index in [1.54, 1.807) is 0 Å². The quantitative estimate of drug-likeness (QED) is 0.437. The first-order chi connectivity index (χ1) is 5.91. The summed E-state index contributed by atoms with van der Waals surface area (Å²) in [7, 11) is 0. The molecule has 0 unspecified atom stereocenters. The summed E-state index contributed by atoms with van der Waals surface area (Å²) in [6.07, 6.45) is 13.4. The van der Waals surface area contributed by atoms with E-state index in [2.05, 4.69) is 34.7 Å². The average Bonchev–Trinajstić information content (AvgIpc) is 2.10. The Morgan fingerprint density at radius 1 is 0.917 bits per heavy atom. The van der Waals surface area contributed by atoms with Crippen LogP contribution in [0.4, 0.5) is 0 Å². The van der Waals surface area contributed by atoms with Crippen LogP contribution in [0.1, 0.15) is 58.3 Å². The van der Waals surface area contributed by atoms with Gasteiger partial charge in [0.2, 0.25) is 0 Å². The van der Waals surface area contributed by atoms with E-state index in [0.717, 1.165) is 0 Å². The van der Waals surface area contributed by atoms with Gasteiger partial charge < -0.3 is 0 Å². The number of hydrogen-bond acceptors (Lipinski definition) is 0. The van der Waals surface area contributed by atoms with Gasteiger partial charge in [-0.3, -0.25) is 0 Å². The molecule has 0 aliphatic carbocycles. The molecule has 0 aromatic heterocycles. The van der Waals surface area contributed by atoms with Crippen LogP contribution in [-0.4, -0.2) is 16.9 Å². The Morgan fingerprint density at radius 3 is 2.08 bits per heavy atom. The van der Waals surface area contributed by atoms with Crippen LogP contribution < -0.4 is 0 Å². The maximum atomic E-state index is 2.49. The van der Waals surface area contributed by atoms with Gasteiger partial charge in [-0.2, -0.15) is 0 Å². The summed E-state index contributed by atoms with van der Waals surface area (Å²) in [5.41, 5.74) is 0. The van der Waals surface area contributed by atoms with Crippen LogP contribution in [0.2, 0.25) is 0 Å². The molecule has 0 aliphatic rings. The van der Waals surface area contributed by atoms with Crippen molar-refractivity contribution in [1.29, 1.82) is 0 Å². The molecule has 0 aromatic rings. The number of unbranched alkanes of at least 4 members (excludes halogenated alkanes) is 7. The molecular formula is C11H21As. The van der Waals surface area contributed by atoms with E-state index in [4.69, 9.17) is 0 Å². The van der Waals surface area contributed by atoms with Crippen LogP contribution in [0.25, 0.3) is 0 Å². The van der Waals surface area contributed by atoms with Crippen molar-refractivity contribution in [3.05, 3.63) is 10.9 Å². The molecule has 0 N–H and O–H groups in total. The normalized spacial score (nSPS) is 11.2. The maximum absolute atomic E-state index is 2.49. The first-order valence-electron chi connectivity index (χ1n) is 5.21. The van der Waals surface area contributed by atoms with E-state index in [1.165, 1.54) is 51.4 Å². The number of rotatable bonds is 8. The van der Waals surface area contributed by atoms with Gasteiger partial charge in [0.25, 0.3) is 0 Å². The van der Waals surface area contributed by atoms with Gasteiger partial charge in [-0.25, -0.2) is 0 Å². The predicted molar refractivity (Wildman–Crippen MR) is 57.5 cm³/mol. The first kappa shape index (κ1) is 12.3. The summed E-state index contributed by atoms with van der Waals surface area (Å²) in [6.45, 7) is 2.27. The monoisotopic (exact) mass is 228 g/mol. The molecule has 0 saturated heterocycles. The minimum atomic E-state index is 1.27. The van der Waals surface area contributed by atoms with E-state index >= 15 is 0 Å². The van der Waals surface area contributed by atoms with Crippen molar-refractivity contribution in [2.24, 2.45) is 0 Å². The molecule has 0 fully saturated rings. The average molecular weight is 228 g/mol. The second-order valence-electron chi connectivity index (χ2n) is 3.29. The number of allylic oxidation sites excluding steroid dienone is 1. The van der Waals surface area contributed by atoms with Gasteiger partial charge in [-0.1, -0.05) is 0 Å². The van der Waals surface area contributed by atoms with E-state index in [1.807, 2.05) is 0 Å². The van der Waals surface area contributed by atoms with Crippen LogP contribution in [0.15, 0.2) is 10.9 Å². The van der Waals surface area contributed by atoms with Crippen molar-refractivity contribution in [1.82, 2.24) is 0 Å². The van der Waals surface area contributed by atoms with Crippen LogP contribution in [-0.2, 0) is 0 Å². The fourth-order valence-corrected chi connectivity index (χ4v) is 1.61. The Labute approximate surface area is 86.3 Å². The van der Waals surface area contributed by atoms with Gasteiger partial charge in [0.1, 0.15) is 0 Å². The molecule has 0 heterocycles. The Balaban J connectivity index is 2.81. The van der Waals surface area contributed by atoms with E-state index in [-0.39, 0.29) is 0 Å². The minimum absolute atomic E-state index is 1.27. The van der Waals surface area contributed by atoms with Crippen molar-refractivity contribution >= 4 is 16.9 Å². The second-order valence-corrected chi connectivity index (χ2v) is 3.92. The third kappa shape index (κ3) is 10.3. The van der Waals surface area contributed by atoms with E-state index in [9.17, 15) is 0 Å². The molecule has 1 heteroatoms. The molecular weight excluding hydrogens is 207 g/mol. The topological polar surface area (TPSA) is 0 Å². The van der Waals surface area contributed by atoms with Gasteiger partial charge in [0.15, 0.2) is 0 Å². The molecule has 70 valence electrons. The van der Waals surface area contributed by atoms with Crippen molar-refractivity contribution < 1.29 is 0 Å². The molecule has 0 atom stereocenters. The molecule has 0 amide bonds. The summed E-state index contributed by atoms with van der Waals surface area (Å²) < 4.78 is 0. The van der Waals surface area contributed by atoms with Crippen molar-refractivity contribution in [2.45, 2.75) is 58.3 Å². The zero-order valence-electron chi connectivity index (χ0n) is 8.26. The van der Waals surface area contributed by atoms with Crippen molar-refractivity contribution in [3.63, 3.8) is 0 Å². The van der Waals surface area contributed by atoms with Gasteiger partial charge in [0.05, 0.1) is 0 Å². The van der Waals surface area contributed by atoms with Crippen LogP contribution in [0, 0.1) is 0 Å². The summed E-state index contributed by atoms with van der Waals surface area (Å²) in [5.74, 6) is 0. The Bertz CT molecular complexity index is 97.2. The summed E-state index contributed by atoms with van der Waals surface area (Å²) in [5, 5.41) is 0. The molecule has 0 bridgehead atoms. The van der Waals surface area contributed by atoms with Crippen molar-refractivity contribution in [2.75, 3.05) is 0 Å². The summed E-state index contributed by atoms with van der Waals surface area (Å²) >= 11 is 2.49. The first-order valence-corrected chi connectivity index (χ1v) is 6.29. The van der Waals surface area contributed by atoms with Gasteiger partial charge in [-0.15, -0.1) is 0 Å². The Hall–Kier alpha value is 0.298. The van der Waals surface area contributed by atoms with Gasteiger partial charge >= 0.3 is 86.1 Å². The summed E-state index contributed by atoms with van der Waals surface area (Å²) in [4.78, 5) is 2.09. The fourth-order valence-electron chi connectivity index (χ4n) is 1.29. The fraction of sp³-hybridized carbons (Fsp3) is 0.818. The summed E-state index contributed by atoms with van der Waals surface area (Å²) in [6, 6.07) is 0. The van der Waals surface area contributed by atoms with Crippen LogP contribution >= 0.6 is 0 Å². The third-order valence-electron chi connectivity index (χ3n) is 2.08. The molecule has 0 saturated carbocycles. The molecule has 2 radical (unpaired) electrons. The molecule has 0 rings (SSSR count). The van der Waals surface area contributed by atoms with Gasteiger partial charge in [-0.05, 0) is 0 Å². The number of hydrogen-bond donors (Lipinski definition) is 0. The molecule has 0 spiro atoms. The van der Waals surface area contributed by atoms with E-state index < -0.39 is 0 Å². The predicted octanol–water partition coefficient (Wildman–Crippen LogP) is 3.81. The zero-order chi connectivity index (χ0) is 9.07. The molecule has 12 heavy (non-hydrogen) atoms. The SMILES string of the molecule is CCCCCCCCCC=C[As]. The zero-order valence-corrected chi connectivity index (χ0v) is 10.1. The van der Waals surface area contributed by atoms with Crippen LogP contribution in [0.5, 0.6) is 0 Å². The Kier molecular flexibility index (Phi) is 11.6. The second kappa shape index (κ2) is 11.3. The third-order valence-corrected chi connectivity index (χ3v) is 2.52. The van der Waals surface area contributed by atoms with E-state index in [0.29, 0.717) is 0 Å². The standard InChI is InChI=1S/C11H21As/c1-2-3-4-5-6-7-8-9-10-11-12/h10-11H,2-9H2,1H3. The molecule has 0 aliphatic heterocycles. The Morgan fingerprint density at radius 2 is 1.50 bits per heavy atom. The van der Waals surface area contributed by atoms with Gasteiger partial charge in [0, 0.05) is 0 Å². The van der Waals surface area contributed by atoms with Crippen molar-refractivity contribution in [3.8, 4) is 0 Å².